The lowest BCUT2D eigenvalue weighted by atomic mass is 10.2. The van der Waals surface area contributed by atoms with Gasteiger partial charge in [-0.2, -0.15) is 12.9 Å². The van der Waals surface area contributed by atoms with Crippen molar-refractivity contribution in [2.24, 2.45) is 0 Å². The van der Waals surface area contributed by atoms with E-state index in [1.165, 1.54) is 12.9 Å². The van der Waals surface area contributed by atoms with Gasteiger partial charge in [-0.25, -0.2) is 25.3 Å². The Hall–Kier alpha value is -2.61. The van der Waals surface area contributed by atoms with Crippen LogP contribution in [0.4, 0.5) is 0 Å². The molecule has 0 unspecified atom stereocenters. The standard InChI is InChI=1S/C30H39N3O6S3/c1-25-7-13-28(14-8-25)40(34,35)31-19-4-21-32(41(36,37)29-15-9-26(2)10-16-29)23-6-24-33(22-5-20-31)42(38,39)30-17-11-27(3)12-18-30/h7-18H,4-6,19-24H2,1-3H3. The third-order valence-corrected chi connectivity index (χ3v) is 13.2. The molecular formula is C30H39N3O6S3. The lowest BCUT2D eigenvalue weighted by Gasteiger charge is -2.29. The van der Waals surface area contributed by atoms with Gasteiger partial charge in [-0.1, -0.05) is 53.1 Å². The highest BCUT2D eigenvalue weighted by Gasteiger charge is 2.30. The molecule has 9 nitrogen and oxygen atoms in total. The quantitative estimate of drug-likeness (QED) is 0.403. The first-order valence-corrected chi connectivity index (χ1v) is 18.3. The molecule has 0 spiro atoms. The van der Waals surface area contributed by atoms with Crippen molar-refractivity contribution in [1.29, 1.82) is 0 Å². The van der Waals surface area contributed by atoms with E-state index in [0.717, 1.165) is 16.7 Å². The predicted octanol–water partition coefficient (Wildman–Crippen LogP) is 4.17. The number of rotatable bonds is 6. The van der Waals surface area contributed by atoms with Crippen LogP contribution in [0, 0.1) is 20.8 Å². The average Bonchev–Trinajstić information content (AvgIpc) is 2.93. The summed E-state index contributed by atoms with van der Waals surface area (Å²) in [6.07, 6.45) is 0.880. The molecule has 1 heterocycles. The van der Waals surface area contributed by atoms with Crippen molar-refractivity contribution < 1.29 is 25.3 Å². The largest absolute Gasteiger partial charge is 0.243 e. The summed E-state index contributed by atoms with van der Waals surface area (Å²) in [5.74, 6) is 0. The van der Waals surface area contributed by atoms with Gasteiger partial charge >= 0.3 is 0 Å². The first kappa shape index (κ1) is 32.3. The van der Waals surface area contributed by atoms with Crippen LogP contribution in [0.2, 0.25) is 0 Å². The van der Waals surface area contributed by atoms with E-state index < -0.39 is 30.1 Å². The Morgan fingerprint density at radius 3 is 0.762 bits per heavy atom. The highest BCUT2D eigenvalue weighted by molar-refractivity contribution is 7.89. The van der Waals surface area contributed by atoms with Crippen LogP contribution in [0.1, 0.15) is 36.0 Å². The van der Waals surface area contributed by atoms with Gasteiger partial charge in [0.25, 0.3) is 0 Å². The minimum atomic E-state index is -3.89. The van der Waals surface area contributed by atoms with Gasteiger partial charge in [-0.05, 0) is 76.4 Å². The lowest BCUT2D eigenvalue weighted by molar-refractivity contribution is 0.310. The van der Waals surface area contributed by atoms with Crippen molar-refractivity contribution in [2.45, 2.75) is 54.7 Å². The van der Waals surface area contributed by atoms with Crippen LogP contribution in [0.5, 0.6) is 0 Å². The Morgan fingerprint density at radius 2 is 0.571 bits per heavy atom. The van der Waals surface area contributed by atoms with Crippen LogP contribution >= 0.6 is 0 Å². The highest BCUT2D eigenvalue weighted by atomic mass is 32.2. The Bertz CT molecular complexity index is 1460. The average molecular weight is 634 g/mol. The summed E-state index contributed by atoms with van der Waals surface area (Å²) in [7, 11) is -11.7. The molecule has 1 aliphatic heterocycles. The first-order chi connectivity index (χ1) is 19.8. The molecule has 12 heteroatoms. The number of aryl methyl sites for hydroxylation is 3. The van der Waals surface area contributed by atoms with E-state index in [1.807, 2.05) is 20.8 Å². The van der Waals surface area contributed by atoms with Gasteiger partial charge in [0.15, 0.2) is 0 Å². The maximum Gasteiger partial charge on any atom is 0.243 e. The fraction of sp³-hybridized carbons (Fsp3) is 0.400. The van der Waals surface area contributed by atoms with Gasteiger partial charge in [0.1, 0.15) is 0 Å². The molecule has 1 fully saturated rings. The smallest absolute Gasteiger partial charge is 0.207 e. The van der Waals surface area contributed by atoms with E-state index in [0.29, 0.717) is 19.3 Å². The molecule has 0 atom stereocenters. The summed E-state index contributed by atoms with van der Waals surface area (Å²) in [5.41, 5.74) is 2.78. The monoisotopic (exact) mass is 633 g/mol. The minimum Gasteiger partial charge on any atom is -0.207 e. The van der Waals surface area contributed by atoms with Crippen LogP contribution in [0.25, 0.3) is 0 Å². The fourth-order valence-electron chi connectivity index (χ4n) is 4.90. The molecule has 0 bridgehead atoms. The lowest BCUT2D eigenvalue weighted by Crippen LogP contribution is -2.41. The Kier molecular flexibility index (Phi) is 10.3. The molecule has 4 rings (SSSR count). The van der Waals surface area contributed by atoms with Gasteiger partial charge in [-0.15, -0.1) is 0 Å². The van der Waals surface area contributed by atoms with Gasteiger partial charge in [0, 0.05) is 39.3 Å². The normalized spacial score (nSPS) is 17.8. The maximum absolute atomic E-state index is 13.6. The van der Waals surface area contributed by atoms with E-state index in [-0.39, 0.29) is 54.0 Å². The second kappa shape index (κ2) is 13.4. The third kappa shape index (κ3) is 7.47. The molecule has 0 aliphatic carbocycles. The van der Waals surface area contributed by atoms with E-state index in [9.17, 15) is 25.3 Å². The van der Waals surface area contributed by atoms with Crippen molar-refractivity contribution >= 4 is 30.1 Å². The number of sulfonamides is 3. The molecule has 228 valence electrons. The molecule has 42 heavy (non-hydrogen) atoms. The molecule has 0 aromatic heterocycles. The fourth-order valence-corrected chi connectivity index (χ4v) is 9.46. The topological polar surface area (TPSA) is 112 Å². The summed E-state index contributed by atoms with van der Waals surface area (Å²) >= 11 is 0. The van der Waals surface area contributed by atoms with Crippen LogP contribution in [0.3, 0.4) is 0 Å². The zero-order valence-electron chi connectivity index (χ0n) is 24.3. The molecule has 1 aliphatic rings. The van der Waals surface area contributed by atoms with Crippen LogP contribution in [-0.2, 0) is 30.1 Å². The Balaban J connectivity index is 1.66. The molecule has 0 radical (unpaired) electrons. The number of hydrogen-bond donors (Lipinski definition) is 0. The number of nitrogens with zero attached hydrogens (tertiary/aromatic N) is 3. The second-order valence-corrected chi connectivity index (χ2v) is 16.5. The Morgan fingerprint density at radius 1 is 0.381 bits per heavy atom. The predicted molar refractivity (Wildman–Crippen MR) is 164 cm³/mol. The van der Waals surface area contributed by atoms with Crippen LogP contribution < -0.4 is 0 Å². The molecule has 0 N–H and O–H groups in total. The molecular weight excluding hydrogens is 595 g/mol. The SMILES string of the molecule is Cc1ccc(S(=O)(=O)N2CCCN(S(=O)(=O)c3ccc(C)cc3)CCCN(S(=O)(=O)c3ccc(C)cc3)CCC2)cc1. The second-order valence-electron chi connectivity index (χ2n) is 10.7. The van der Waals surface area contributed by atoms with Gasteiger partial charge in [0.05, 0.1) is 14.7 Å². The van der Waals surface area contributed by atoms with Crippen molar-refractivity contribution in [3.63, 3.8) is 0 Å². The van der Waals surface area contributed by atoms with Crippen molar-refractivity contribution in [1.82, 2.24) is 12.9 Å². The summed E-state index contributed by atoms with van der Waals surface area (Å²) in [5, 5.41) is 0. The Labute approximate surface area is 250 Å². The molecule has 3 aromatic rings. The maximum atomic E-state index is 13.6. The number of hydrogen-bond acceptors (Lipinski definition) is 6. The summed E-state index contributed by atoms with van der Waals surface area (Å²) in [6.45, 7) is 6.21. The van der Waals surface area contributed by atoms with E-state index in [1.54, 1.807) is 72.8 Å². The zero-order chi connectivity index (χ0) is 30.5. The summed E-state index contributed by atoms with van der Waals surface area (Å²) < 4.78 is 85.9. The summed E-state index contributed by atoms with van der Waals surface area (Å²) in [4.78, 5) is 0.440. The van der Waals surface area contributed by atoms with Crippen molar-refractivity contribution in [3.05, 3.63) is 89.5 Å². The van der Waals surface area contributed by atoms with Gasteiger partial charge in [-0.3, -0.25) is 0 Å². The molecule has 0 saturated carbocycles. The van der Waals surface area contributed by atoms with Crippen LogP contribution in [-0.4, -0.2) is 77.4 Å². The molecule has 3 aromatic carbocycles. The minimum absolute atomic E-state index is 0.0981. The molecule has 0 amide bonds. The van der Waals surface area contributed by atoms with Crippen molar-refractivity contribution in [3.8, 4) is 0 Å². The third-order valence-electron chi connectivity index (χ3n) is 7.42. The highest BCUT2D eigenvalue weighted by Crippen LogP contribution is 2.23. The summed E-state index contributed by atoms with van der Waals surface area (Å²) in [6, 6.07) is 19.7. The van der Waals surface area contributed by atoms with Crippen LogP contribution in [0.15, 0.2) is 87.5 Å². The molecule has 1 saturated heterocycles. The van der Waals surface area contributed by atoms with E-state index in [2.05, 4.69) is 0 Å². The first-order valence-electron chi connectivity index (χ1n) is 14.0. The van der Waals surface area contributed by atoms with E-state index >= 15 is 0 Å². The zero-order valence-corrected chi connectivity index (χ0v) is 26.8. The van der Waals surface area contributed by atoms with Gasteiger partial charge < -0.3 is 0 Å². The van der Waals surface area contributed by atoms with Crippen molar-refractivity contribution in [2.75, 3.05) is 39.3 Å². The van der Waals surface area contributed by atoms with Gasteiger partial charge in [0.2, 0.25) is 30.1 Å². The van der Waals surface area contributed by atoms with E-state index in [4.69, 9.17) is 0 Å². The number of benzene rings is 3.